The van der Waals surface area contributed by atoms with E-state index in [2.05, 4.69) is 12.2 Å². The van der Waals surface area contributed by atoms with Gasteiger partial charge < -0.3 is 14.2 Å². The molecule has 2 aromatic rings. The van der Waals surface area contributed by atoms with E-state index in [1.807, 2.05) is 38.1 Å². The van der Waals surface area contributed by atoms with Crippen LogP contribution in [0.4, 0.5) is 10.5 Å². The molecular weight excluding hydrogens is 306 g/mol. The highest BCUT2D eigenvalue weighted by molar-refractivity contribution is 5.86. The topological polar surface area (TPSA) is 56.8 Å². The Labute approximate surface area is 142 Å². The predicted octanol–water partition coefficient (Wildman–Crippen LogP) is 4.62. The first-order valence-corrected chi connectivity index (χ1v) is 8.06. The summed E-state index contributed by atoms with van der Waals surface area (Å²) in [6.07, 6.45) is 0.105. The van der Waals surface area contributed by atoms with Gasteiger partial charge in [-0.25, -0.2) is 4.79 Å². The molecule has 2 aromatic carbocycles. The van der Waals surface area contributed by atoms with E-state index in [0.29, 0.717) is 23.8 Å². The van der Waals surface area contributed by atoms with Crippen molar-refractivity contribution in [2.75, 3.05) is 11.9 Å². The number of hydrogen-bond acceptors (Lipinski definition) is 4. The van der Waals surface area contributed by atoms with Crippen molar-refractivity contribution < 1.29 is 19.0 Å². The predicted molar refractivity (Wildman–Crippen MR) is 93.6 cm³/mol. The SMILES string of the molecule is CCOC(C)Oc1ccc(OC(=O)Nc2ccc(CC)cc2)cc1. The summed E-state index contributed by atoms with van der Waals surface area (Å²) in [7, 11) is 0. The first kappa shape index (κ1) is 17.8. The Kier molecular flexibility index (Phi) is 6.63. The standard InChI is InChI=1S/C19H23NO4/c1-4-15-6-8-16(9-7-15)20-19(21)24-18-12-10-17(11-13-18)23-14(3)22-5-2/h6-14H,4-5H2,1-3H3,(H,20,21). The van der Waals surface area contributed by atoms with Gasteiger partial charge in [-0.15, -0.1) is 0 Å². The lowest BCUT2D eigenvalue weighted by Crippen LogP contribution is -2.17. The fourth-order valence-corrected chi connectivity index (χ4v) is 2.12. The minimum Gasteiger partial charge on any atom is -0.465 e. The van der Waals surface area contributed by atoms with Crippen LogP contribution in [-0.4, -0.2) is 19.0 Å². The highest BCUT2D eigenvalue weighted by atomic mass is 16.7. The summed E-state index contributed by atoms with van der Waals surface area (Å²) >= 11 is 0. The number of nitrogens with one attached hydrogen (secondary N) is 1. The summed E-state index contributed by atoms with van der Waals surface area (Å²) in [5, 5.41) is 2.69. The average molecular weight is 329 g/mol. The van der Waals surface area contributed by atoms with Crippen LogP contribution in [0.25, 0.3) is 0 Å². The molecular formula is C19H23NO4. The quantitative estimate of drug-likeness (QED) is 0.753. The Morgan fingerprint density at radius 2 is 1.62 bits per heavy atom. The second-order valence-electron chi connectivity index (χ2n) is 5.18. The lowest BCUT2D eigenvalue weighted by atomic mass is 10.1. The molecule has 5 heteroatoms. The Balaban J connectivity index is 1.86. The van der Waals surface area contributed by atoms with E-state index in [9.17, 15) is 4.79 Å². The lowest BCUT2D eigenvalue weighted by molar-refractivity contribution is -0.0613. The number of carbonyl (C=O) groups is 1. The van der Waals surface area contributed by atoms with Gasteiger partial charge in [0.1, 0.15) is 11.5 Å². The van der Waals surface area contributed by atoms with Gasteiger partial charge in [0, 0.05) is 12.3 Å². The Bertz CT molecular complexity index is 637. The summed E-state index contributed by atoms with van der Waals surface area (Å²) in [6, 6.07) is 14.5. The second-order valence-corrected chi connectivity index (χ2v) is 5.18. The third kappa shape index (κ3) is 5.59. The zero-order valence-corrected chi connectivity index (χ0v) is 14.2. The van der Waals surface area contributed by atoms with Crippen LogP contribution in [0.5, 0.6) is 11.5 Å². The first-order valence-electron chi connectivity index (χ1n) is 8.06. The molecule has 0 saturated carbocycles. The number of amides is 1. The zero-order chi connectivity index (χ0) is 17.4. The van der Waals surface area contributed by atoms with Crippen molar-refractivity contribution in [3.8, 4) is 11.5 Å². The second kappa shape index (κ2) is 8.93. The van der Waals surface area contributed by atoms with Crippen LogP contribution in [0.15, 0.2) is 48.5 Å². The third-order valence-electron chi connectivity index (χ3n) is 3.35. The first-order chi connectivity index (χ1) is 11.6. The molecule has 1 N–H and O–H groups in total. The molecule has 0 aliphatic carbocycles. The van der Waals surface area contributed by atoms with E-state index in [0.717, 1.165) is 6.42 Å². The van der Waals surface area contributed by atoms with E-state index in [4.69, 9.17) is 14.2 Å². The van der Waals surface area contributed by atoms with Gasteiger partial charge >= 0.3 is 6.09 Å². The highest BCUT2D eigenvalue weighted by Gasteiger charge is 2.07. The average Bonchev–Trinajstić information content (AvgIpc) is 2.57. The van der Waals surface area contributed by atoms with Gasteiger partial charge in [-0.2, -0.15) is 0 Å². The molecule has 5 nitrogen and oxygen atoms in total. The van der Waals surface area contributed by atoms with Crippen LogP contribution >= 0.6 is 0 Å². The van der Waals surface area contributed by atoms with Crippen LogP contribution in [0.1, 0.15) is 26.3 Å². The van der Waals surface area contributed by atoms with Gasteiger partial charge in [-0.3, -0.25) is 5.32 Å². The maximum absolute atomic E-state index is 11.9. The summed E-state index contributed by atoms with van der Waals surface area (Å²) in [4.78, 5) is 11.9. The number of hydrogen-bond donors (Lipinski definition) is 1. The molecule has 128 valence electrons. The monoisotopic (exact) mass is 329 g/mol. The number of aryl methyl sites for hydroxylation is 1. The molecule has 0 fully saturated rings. The van der Waals surface area contributed by atoms with Crippen LogP contribution < -0.4 is 14.8 Å². The van der Waals surface area contributed by atoms with Gasteiger partial charge in [0.05, 0.1) is 0 Å². The summed E-state index contributed by atoms with van der Waals surface area (Å²) in [6.45, 7) is 6.40. The van der Waals surface area contributed by atoms with E-state index >= 15 is 0 Å². The van der Waals surface area contributed by atoms with E-state index in [1.54, 1.807) is 24.3 Å². The number of carbonyl (C=O) groups excluding carboxylic acids is 1. The van der Waals surface area contributed by atoms with Crippen molar-refractivity contribution in [3.63, 3.8) is 0 Å². The van der Waals surface area contributed by atoms with E-state index in [-0.39, 0.29) is 6.29 Å². The molecule has 0 aromatic heterocycles. The van der Waals surface area contributed by atoms with Gasteiger partial charge in [0.15, 0.2) is 6.29 Å². The molecule has 0 aliphatic heterocycles. The van der Waals surface area contributed by atoms with Gasteiger partial charge in [-0.05, 0) is 62.2 Å². The van der Waals surface area contributed by atoms with Gasteiger partial charge in [0.2, 0.25) is 0 Å². The molecule has 0 spiro atoms. The number of rotatable bonds is 7. The molecule has 2 rings (SSSR count). The molecule has 0 radical (unpaired) electrons. The Morgan fingerprint density at radius 1 is 1.00 bits per heavy atom. The molecule has 24 heavy (non-hydrogen) atoms. The van der Waals surface area contributed by atoms with Crippen molar-refractivity contribution in [3.05, 3.63) is 54.1 Å². The summed E-state index contributed by atoms with van der Waals surface area (Å²) in [5.74, 6) is 1.09. The normalized spacial score (nSPS) is 11.6. The maximum Gasteiger partial charge on any atom is 0.417 e. The molecule has 1 amide bonds. The number of ether oxygens (including phenoxy) is 3. The Morgan fingerprint density at radius 3 is 2.21 bits per heavy atom. The minimum absolute atomic E-state index is 0.323. The Hall–Kier alpha value is -2.53. The lowest BCUT2D eigenvalue weighted by Gasteiger charge is -2.14. The van der Waals surface area contributed by atoms with Crippen molar-refractivity contribution >= 4 is 11.8 Å². The van der Waals surface area contributed by atoms with Crippen molar-refractivity contribution in [2.45, 2.75) is 33.5 Å². The van der Waals surface area contributed by atoms with Gasteiger partial charge in [0.25, 0.3) is 0 Å². The minimum atomic E-state index is -0.532. The summed E-state index contributed by atoms with van der Waals surface area (Å²) in [5.41, 5.74) is 1.91. The molecule has 1 atom stereocenters. The van der Waals surface area contributed by atoms with Crippen LogP contribution in [0, 0.1) is 0 Å². The number of benzene rings is 2. The van der Waals surface area contributed by atoms with Gasteiger partial charge in [-0.1, -0.05) is 19.1 Å². The summed E-state index contributed by atoms with van der Waals surface area (Å²) < 4.78 is 16.1. The van der Waals surface area contributed by atoms with Crippen molar-refractivity contribution in [2.24, 2.45) is 0 Å². The molecule has 0 aliphatic rings. The van der Waals surface area contributed by atoms with Crippen molar-refractivity contribution in [1.29, 1.82) is 0 Å². The molecule has 0 saturated heterocycles. The van der Waals surface area contributed by atoms with Crippen molar-refractivity contribution in [1.82, 2.24) is 0 Å². The van der Waals surface area contributed by atoms with Crippen LogP contribution in [0.2, 0.25) is 0 Å². The van der Waals surface area contributed by atoms with E-state index in [1.165, 1.54) is 5.56 Å². The zero-order valence-electron chi connectivity index (χ0n) is 14.2. The molecule has 0 bridgehead atoms. The fraction of sp³-hybridized carbons (Fsp3) is 0.316. The largest absolute Gasteiger partial charge is 0.465 e. The third-order valence-corrected chi connectivity index (χ3v) is 3.35. The highest BCUT2D eigenvalue weighted by Crippen LogP contribution is 2.19. The van der Waals surface area contributed by atoms with Crippen LogP contribution in [-0.2, 0) is 11.2 Å². The van der Waals surface area contributed by atoms with Crippen LogP contribution in [0.3, 0.4) is 0 Å². The van der Waals surface area contributed by atoms with E-state index < -0.39 is 6.09 Å². The molecule has 0 heterocycles. The molecule has 1 unspecified atom stereocenters. The number of anilines is 1. The maximum atomic E-state index is 11.9. The smallest absolute Gasteiger partial charge is 0.417 e. The fourth-order valence-electron chi connectivity index (χ4n) is 2.12.